The van der Waals surface area contributed by atoms with Crippen molar-refractivity contribution in [3.8, 4) is 0 Å². The van der Waals surface area contributed by atoms with Crippen molar-refractivity contribution in [2.24, 2.45) is 0 Å². The zero-order valence-electron chi connectivity index (χ0n) is 8.11. The van der Waals surface area contributed by atoms with Crippen molar-refractivity contribution in [2.75, 3.05) is 5.73 Å². The van der Waals surface area contributed by atoms with E-state index in [1.807, 2.05) is 18.2 Å². The van der Waals surface area contributed by atoms with Gasteiger partial charge in [-0.1, -0.05) is 29.3 Å². The van der Waals surface area contributed by atoms with Crippen molar-refractivity contribution in [3.63, 3.8) is 0 Å². The van der Waals surface area contributed by atoms with Crippen LogP contribution >= 0.6 is 46.9 Å². The first-order valence-corrected chi connectivity index (χ1v) is 5.87. The minimum Gasteiger partial charge on any atom is -0.375 e. The van der Waals surface area contributed by atoms with Gasteiger partial charge in [0.1, 0.15) is 0 Å². The summed E-state index contributed by atoms with van der Waals surface area (Å²) in [4.78, 5) is 5.04. The molecule has 1 aromatic heterocycles. The van der Waals surface area contributed by atoms with Crippen LogP contribution in [0, 0.1) is 0 Å². The molecule has 0 atom stereocenters. The van der Waals surface area contributed by atoms with Crippen LogP contribution in [0.1, 0.15) is 10.4 Å². The summed E-state index contributed by atoms with van der Waals surface area (Å²) in [5.41, 5.74) is 6.47. The zero-order chi connectivity index (χ0) is 10.8. The fraction of sp³-hybridized carbons (Fsp3) is 0.100. The van der Waals surface area contributed by atoms with Gasteiger partial charge >= 0.3 is 0 Å². The predicted molar refractivity (Wildman–Crippen MR) is 73.0 cm³/mol. The Bertz CT molecular complexity index is 464. The van der Waals surface area contributed by atoms with Crippen LogP contribution in [-0.2, 0) is 6.42 Å². The molecule has 1 aromatic carbocycles. The van der Waals surface area contributed by atoms with Gasteiger partial charge in [-0.2, -0.15) is 0 Å². The third-order valence-electron chi connectivity index (χ3n) is 1.98. The summed E-state index contributed by atoms with van der Waals surface area (Å²) < 4.78 is 0. The Balaban J connectivity index is 0.00000128. The molecule has 0 amide bonds. The smallest absolute Gasteiger partial charge is 0.180 e. The van der Waals surface area contributed by atoms with E-state index < -0.39 is 0 Å². The van der Waals surface area contributed by atoms with Crippen LogP contribution in [0.4, 0.5) is 5.13 Å². The van der Waals surface area contributed by atoms with Crippen LogP contribution in [-0.4, -0.2) is 4.98 Å². The van der Waals surface area contributed by atoms with Crippen molar-refractivity contribution in [1.29, 1.82) is 0 Å². The molecule has 0 bridgehead atoms. The van der Waals surface area contributed by atoms with Gasteiger partial charge in [0, 0.05) is 27.5 Å². The number of thiazole rings is 1. The molecule has 86 valence electrons. The van der Waals surface area contributed by atoms with Crippen LogP contribution in [0.25, 0.3) is 0 Å². The highest BCUT2D eigenvalue weighted by Gasteiger charge is 2.08. The third kappa shape index (κ3) is 3.01. The summed E-state index contributed by atoms with van der Waals surface area (Å²) in [6, 6.07) is 5.48. The Morgan fingerprint density at radius 2 is 1.88 bits per heavy atom. The number of halogens is 3. The molecule has 2 rings (SSSR count). The van der Waals surface area contributed by atoms with Crippen molar-refractivity contribution in [3.05, 3.63) is 44.9 Å². The maximum Gasteiger partial charge on any atom is 0.180 e. The van der Waals surface area contributed by atoms with Crippen LogP contribution in [0.3, 0.4) is 0 Å². The summed E-state index contributed by atoms with van der Waals surface area (Å²) in [5.74, 6) is 0. The molecule has 2 nitrogen and oxygen atoms in total. The van der Waals surface area contributed by atoms with Gasteiger partial charge in [0.15, 0.2) is 5.13 Å². The van der Waals surface area contributed by atoms with Gasteiger partial charge in [0.05, 0.1) is 0 Å². The number of rotatable bonds is 2. The largest absolute Gasteiger partial charge is 0.375 e. The van der Waals surface area contributed by atoms with Crippen LogP contribution in [0.2, 0.25) is 10.0 Å². The number of nitrogens with two attached hydrogens (primary N) is 1. The van der Waals surface area contributed by atoms with E-state index in [0.717, 1.165) is 10.4 Å². The minimum atomic E-state index is 0. The average molecular weight is 296 g/mol. The molecule has 0 fully saturated rings. The van der Waals surface area contributed by atoms with E-state index in [2.05, 4.69) is 4.98 Å². The highest BCUT2D eigenvalue weighted by molar-refractivity contribution is 7.15. The van der Waals surface area contributed by atoms with Crippen molar-refractivity contribution >= 4 is 52.1 Å². The maximum atomic E-state index is 6.05. The number of hydrogen-bond donors (Lipinski definition) is 1. The van der Waals surface area contributed by atoms with Crippen molar-refractivity contribution in [2.45, 2.75) is 6.42 Å². The third-order valence-corrected chi connectivity index (χ3v) is 3.52. The molecule has 0 aliphatic carbocycles. The normalized spacial score (nSPS) is 9.88. The van der Waals surface area contributed by atoms with E-state index >= 15 is 0 Å². The second kappa shape index (κ2) is 5.73. The molecule has 0 radical (unpaired) electrons. The standard InChI is InChI=1S/C10H8Cl2N2S.ClH/c11-8-2-1-3-9(12)7(8)4-6-5-14-10(13)15-6;/h1-3,5H,4H2,(H2,13,14);1H. The highest BCUT2D eigenvalue weighted by Crippen LogP contribution is 2.28. The van der Waals surface area contributed by atoms with E-state index in [-0.39, 0.29) is 12.4 Å². The summed E-state index contributed by atoms with van der Waals surface area (Å²) in [5, 5.41) is 1.91. The molecule has 2 aromatic rings. The topological polar surface area (TPSA) is 38.9 Å². The summed E-state index contributed by atoms with van der Waals surface area (Å²) in [6.45, 7) is 0. The van der Waals surface area contributed by atoms with E-state index in [1.165, 1.54) is 11.3 Å². The Morgan fingerprint density at radius 3 is 2.38 bits per heavy atom. The Hall–Kier alpha value is -0.480. The van der Waals surface area contributed by atoms with Crippen LogP contribution in [0.5, 0.6) is 0 Å². The Kier molecular flexibility index (Phi) is 4.87. The molecule has 0 spiro atoms. The lowest BCUT2D eigenvalue weighted by atomic mass is 10.1. The van der Waals surface area contributed by atoms with Gasteiger partial charge in [-0.05, 0) is 17.7 Å². The molecule has 6 heteroatoms. The quantitative estimate of drug-likeness (QED) is 0.908. The average Bonchev–Trinajstić information content (AvgIpc) is 2.58. The minimum absolute atomic E-state index is 0. The molecule has 0 saturated heterocycles. The molecule has 0 aliphatic heterocycles. The molecule has 0 saturated carbocycles. The van der Waals surface area contributed by atoms with E-state index in [0.29, 0.717) is 21.6 Å². The highest BCUT2D eigenvalue weighted by atomic mass is 35.5. The molecule has 0 unspecified atom stereocenters. The zero-order valence-corrected chi connectivity index (χ0v) is 11.3. The number of aromatic nitrogens is 1. The second-order valence-corrected chi connectivity index (χ2v) is 5.00. The number of nitrogens with zero attached hydrogens (tertiary/aromatic N) is 1. The Morgan fingerprint density at radius 1 is 1.25 bits per heavy atom. The summed E-state index contributed by atoms with van der Waals surface area (Å²) >= 11 is 13.6. The summed E-state index contributed by atoms with van der Waals surface area (Å²) in [7, 11) is 0. The van der Waals surface area contributed by atoms with Crippen LogP contribution in [0.15, 0.2) is 24.4 Å². The SMILES string of the molecule is Cl.Nc1ncc(Cc2c(Cl)cccc2Cl)s1. The molecule has 16 heavy (non-hydrogen) atoms. The van der Waals surface area contributed by atoms with Gasteiger partial charge in [-0.25, -0.2) is 4.98 Å². The molecular weight excluding hydrogens is 287 g/mol. The van der Waals surface area contributed by atoms with Gasteiger partial charge in [-0.3, -0.25) is 0 Å². The predicted octanol–water partition coefficient (Wildman–Crippen LogP) is 4.04. The molecule has 2 N–H and O–H groups in total. The van der Waals surface area contributed by atoms with Gasteiger partial charge in [-0.15, -0.1) is 23.7 Å². The summed E-state index contributed by atoms with van der Waals surface area (Å²) in [6.07, 6.45) is 2.42. The Labute approximate surface area is 114 Å². The van der Waals surface area contributed by atoms with Gasteiger partial charge in [0.25, 0.3) is 0 Å². The lowest BCUT2D eigenvalue weighted by Crippen LogP contribution is -1.87. The first-order chi connectivity index (χ1) is 7.16. The van der Waals surface area contributed by atoms with Gasteiger partial charge in [0.2, 0.25) is 0 Å². The number of hydrogen-bond acceptors (Lipinski definition) is 3. The lowest BCUT2D eigenvalue weighted by Gasteiger charge is -2.04. The number of anilines is 1. The van der Waals surface area contributed by atoms with Crippen molar-refractivity contribution < 1.29 is 0 Å². The molecular formula is C10H9Cl3N2S. The first-order valence-electron chi connectivity index (χ1n) is 4.30. The maximum absolute atomic E-state index is 6.05. The van der Waals surface area contributed by atoms with E-state index in [4.69, 9.17) is 28.9 Å². The molecule has 0 aliphatic rings. The second-order valence-electron chi connectivity index (χ2n) is 3.04. The monoisotopic (exact) mass is 294 g/mol. The van der Waals surface area contributed by atoms with Crippen molar-refractivity contribution in [1.82, 2.24) is 4.98 Å². The van der Waals surface area contributed by atoms with E-state index in [9.17, 15) is 0 Å². The fourth-order valence-corrected chi connectivity index (χ4v) is 2.51. The number of benzene rings is 1. The first kappa shape index (κ1) is 13.6. The molecule has 1 heterocycles. The fourth-order valence-electron chi connectivity index (χ4n) is 1.28. The van der Waals surface area contributed by atoms with E-state index in [1.54, 1.807) is 6.20 Å². The van der Waals surface area contributed by atoms with Crippen LogP contribution < -0.4 is 5.73 Å². The number of nitrogen functional groups attached to an aromatic ring is 1. The lowest BCUT2D eigenvalue weighted by molar-refractivity contribution is 1.22. The van der Waals surface area contributed by atoms with Gasteiger partial charge < -0.3 is 5.73 Å².